The van der Waals surface area contributed by atoms with Crippen molar-refractivity contribution in [2.24, 2.45) is 0 Å². The third-order valence-electron chi connectivity index (χ3n) is 2.65. The first-order valence-electron chi connectivity index (χ1n) is 5.29. The molecule has 0 aliphatic carbocycles. The number of aromatic nitrogens is 1. The smallest absolute Gasteiger partial charge is 0.231 e. The van der Waals surface area contributed by atoms with E-state index < -0.39 is 0 Å². The molecule has 0 atom stereocenters. The summed E-state index contributed by atoms with van der Waals surface area (Å²) in [6, 6.07) is 10.2. The molecule has 0 fully saturated rings. The van der Waals surface area contributed by atoms with Crippen LogP contribution < -0.4 is 5.73 Å². The number of nitrogens with zero attached hydrogens (tertiary/aromatic N) is 1. The Morgan fingerprint density at radius 1 is 1.22 bits per heavy atom. The van der Waals surface area contributed by atoms with Crippen molar-refractivity contribution in [2.75, 3.05) is 5.73 Å². The summed E-state index contributed by atoms with van der Waals surface area (Å²) >= 11 is 5.87. The van der Waals surface area contributed by atoms with Gasteiger partial charge in [-0.05, 0) is 24.3 Å². The fourth-order valence-corrected chi connectivity index (χ4v) is 1.91. The van der Waals surface area contributed by atoms with Crippen LogP contribution in [0.1, 0.15) is 0 Å². The molecule has 2 aromatic carbocycles. The van der Waals surface area contributed by atoms with Gasteiger partial charge in [0, 0.05) is 11.1 Å². The van der Waals surface area contributed by atoms with Crippen LogP contribution in [0.15, 0.2) is 40.8 Å². The molecule has 3 N–H and O–H groups in total. The van der Waals surface area contributed by atoms with E-state index in [2.05, 4.69) is 4.98 Å². The van der Waals surface area contributed by atoms with Crippen molar-refractivity contribution in [1.29, 1.82) is 0 Å². The van der Waals surface area contributed by atoms with Crippen LogP contribution in [0.4, 0.5) is 5.69 Å². The molecule has 4 nitrogen and oxygen atoms in total. The molecule has 0 unspecified atom stereocenters. The summed E-state index contributed by atoms with van der Waals surface area (Å²) in [7, 11) is 0. The summed E-state index contributed by atoms with van der Waals surface area (Å²) in [5.74, 6) is 0.284. The van der Waals surface area contributed by atoms with E-state index >= 15 is 0 Å². The molecule has 0 spiro atoms. The first-order valence-corrected chi connectivity index (χ1v) is 5.67. The molecule has 1 heterocycles. The quantitative estimate of drug-likeness (QED) is 0.519. The van der Waals surface area contributed by atoms with Crippen molar-refractivity contribution in [3.8, 4) is 17.2 Å². The Morgan fingerprint density at radius 3 is 2.89 bits per heavy atom. The number of para-hydroxylation sites is 1. The van der Waals surface area contributed by atoms with Gasteiger partial charge in [0.05, 0.1) is 11.3 Å². The van der Waals surface area contributed by atoms with E-state index in [1.165, 1.54) is 0 Å². The van der Waals surface area contributed by atoms with Crippen molar-refractivity contribution < 1.29 is 9.52 Å². The number of aromatic hydroxyl groups is 1. The highest BCUT2D eigenvalue weighted by Crippen LogP contribution is 2.35. The second-order valence-corrected chi connectivity index (χ2v) is 4.31. The topological polar surface area (TPSA) is 72.3 Å². The number of hydrogen-bond donors (Lipinski definition) is 2. The van der Waals surface area contributed by atoms with Gasteiger partial charge in [-0.1, -0.05) is 17.7 Å². The second-order valence-electron chi connectivity index (χ2n) is 3.87. The number of phenolic OH excluding ortho intramolecular Hbond substituents is 1. The highest BCUT2D eigenvalue weighted by atomic mass is 35.5. The Balaban J connectivity index is 2.22. The van der Waals surface area contributed by atoms with Crippen molar-refractivity contribution in [1.82, 2.24) is 4.98 Å². The average molecular weight is 261 g/mol. The molecule has 5 heteroatoms. The second kappa shape index (κ2) is 3.92. The van der Waals surface area contributed by atoms with Gasteiger partial charge < -0.3 is 15.3 Å². The molecule has 0 radical (unpaired) electrons. The number of benzene rings is 2. The van der Waals surface area contributed by atoms with Crippen LogP contribution in [0.5, 0.6) is 5.75 Å². The minimum atomic E-state index is -0.0323. The molecule has 0 bridgehead atoms. The average Bonchev–Trinajstić information content (AvgIpc) is 2.75. The number of phenols is 1. The number of oxazole rings is 1. The summed E-state index contributed by atoms with van der Waals surface area (Å²) in [6.07, 6.45) is 0. The Kier molecular flexibility index (Phi) is 2.38. The Morgan fingerprint density at radius 2 is 2.06 bits per heavy atom. The SMILES string of the molecule is Nc1cccc(-c2nc3ccc(Cl)cc3o2)c1O. The lowest BCUT2D eigenvalue weighted by Crippen LogP contribution is -1.87. The summed E-state index contributed by atoms with van der Waals surface area (Å²) in [4.78, 5) is 4.29. The predicted molar refractivity (Wildman–Crippen MR) is 70.5 cm³/mol. The molecule has 3 rings (SSSR count). The zero-order chi connectivity index (χ0) is 12.7. The number of hydrogen-bond acceptors (Lipinski definition) is 4. The summed E-state index contributed by atoms with van der Waals surface area (Å²) < 4.78 is 5.56. The standard InChI is InChI=1S/C13H9ClN2O2/c14-7-4-5-10-11(6-7)18-13(16-10)8-2-1-3-9(15)12(8)17/h1-6,17H,15H2. The largest absolute Gasteiger partial charge is 0.505 e. The maximum absolute atomic E-state index is 9.88. The Hall–Kier alpha value is -2.20. The van der Waals surface area contributed by atoms with Gasteiger partial charge in [-0.2, -0.15) is 0 Å². The number of nitrogens with two attached hydrogens (primary N) is 1. The summed E-state index contributed by atoms with van der Waals surface area (Å²) in [5.41, 5.74) is 7.63. The van der Waals surface area contributed by atoms with Crippen LogP contribution in [0.25, 0.3) is 22.6 Å². The zero-order valence-electron chi connectivity index (χ0n) is 9.22. The van der Waals surface area contributed by atoms with E-state index in [9.17, 15) is 5.11 Å². The molecule has 90 valence electrons. The molecule has 0 aliphatic rings. The Labute approximate surface area is 108 Å². The molecule has 0 saturated heterocycles. The van der Waals surface area contributed by atoms with Crippen molar-refractivity contribution >= 4 is 28.4 Å². The normalized spacial score (nSPS) is 10.9. The lowest BCUT2D eigenvalue weighted by Gasteiger charge is -2.02. The van der Waals surface area contributed by atoms with E-state index in [1.807, 2.05) is 0 Å². The van der Waals surface area contributed by atoms with E-state index in [4.69, 9.17) is 21.8 Å². The van der Waals surface area contributed by atoms with Crippen LogP contribution in [-0.4, -0.2) is 10.1 Å². The molecule has 1 aromatic heterocycles. The molecule has 0 amide bonds. The predicted octanol–water partition coefficient (Wildman–Crippen LogP) is 3.44. The third kappa shape index (κ3) is 1.67. The van der Waals surface area contributed by atoms with E-state index in [-0.39, 0.29) is 11.4 Å². The maximum Gasteiger partial charge on any atom is 0.231 e. The number of anilines is 1. The number of nitrogen functional groups attached to an aromatic ring is 1. The van der Waals surface area contributed by atoms with Gasteiger partial charge in [0.15, 0.2) is 11.3 Å². The summed E-state index contributed by atoms with van der Waals surface area (Å²) in [6.45, 7) is 0. The number of fused-ring (bicyclic) bond motifs is 1. The van der Waals surface area contributed by atoms with Gasteiger partial charge >= 0.3 is 0 Å². The summed E-state index contributed by atoms with van der Waals surface area (Å²) in [5, 5.41) is 10.5. The third-order valence-corrected chi connectivity index (χ3v) is 2.88. The first kappa shape index (κ1) is 10.9. The minimum Gasteiger partial charge on any atom is -0.505 e. The highest BCUT2D eigenvalue weighted by molar-refractivity contribution is 6.31. The van der Waals surface area contributed by atoms with Crippen LogP contribution in [0.3, 0.4) is 0 Å². The minimum absolute atomic E-state index is 0.0323. The molecule has 0 aliphatic heterocycles. The molecule has 18 heavy (non-hydrogen) atoms. The van der Waals surface area contributed by atoms with Gasteiger partial charge in [0.2, 0.25) is 5.89 Å². The molecule has 0 saturated carbocycles. The van der Waals surface area contributed by atoms with Crippen LogP contribution in [0.2, 0.25) is 5.02 Å². The van der Waals surface area contributed by atoms with Gasteiger partial charge in [0.25, 0.3) is 0 Å². The first-order chi connectivity index (χ1) is 8.65. The number of halogens is 1. The molecule has 3 aromatic rings. The van der Waals surface area contributed by atoms with E-state index in [0.717, 1.165) is 0 Å². The van der Waals surface area contributed by atoms with Gasteiger partial charge in [-0.25, -0.2) is 4.98 Å². The van der Waals surface area contributed by atoms with Crippen LogP contribution in [0, 0.1) is 0 Å². The van der Waals surface area contributed by atoms with Gasteiger partial charge in [-0.3, -0.25) is 0 Å². The van der Waals surface area contributed by atoms with Gasteiger partial charge in [0.1, 0.15) is 5.52 Å². The monoisotopic (exact) mass is 260 g/mol. The molecular weight excluding hydrogens is 252 g/mol. The van der Waals surface area contributed by atoms with Gasteiger partial charge in [-0.15, -0.1) is 0 Å². The fourth-order valence-electron chi connectivity index (χ4n) is 1.75. The maximum atomic E-state index is 9.88. The lowest BCUT2D eigenvalue weighted by molar-refractivity contribution is 0.476. The van der Waals surface area contributed by atoms with Crippen molar-refractivity contribution in [2.45, 2.75) is 0 Å². The van der Waals surface area contributed by atoms with E-state index in [1.54, 1.807) is 36.4 Å². The van der Waals surface area contributed by atoms with Crippen molar-refractivity contribution in [3.63, 3.8) is 0 Å². The molecular formula is C13H9ClN2O2. The van der Waals surface area contributed by atoms with Crippen molar-refractivity contribution in [3.05, 3.63) is 41.4 Å². The van der Waals surface area contributed by atoms with E-state index in [0.29, 0.717) is 27.6 Å². The van der Waals surface area contributed by atoms with Crippen LogP contribution >= 0.6 is 11.6 Å². The lowest BCUT2D eigenvalue weighted by atomic mass is 10.2. The Bertz CT molecular complexity index is 737. The fraction of sp³-hybridized carbons (Fsp3) is 0. The van der Waals surface area contributed by atoms with Crippen LogP contribution in [-0.2, 0) is 0 Å². The highest BCUT2D eigenvalue weighted by Gasteiger charge is 2.13. The zero-order valence-corrected chi connectivity index (χ0v) is 9.98. The number of rotatable bonds is 1.